The molecule has 2 heterocycles. The van der Waals surface area contributed by atoms with Gasteiger partial charge < -0.3 is 15.3 Å². The first-order chi connectivity index (χ1) is 8.67. The van der Waals surface area contributed by atoms with Gasteiger partial charge >= 0.3 is 0 Å². The SMILES string of the molecule is CCNc1nnc(C(=O)N2CCC(C)C2CO)s1. The van der Waals surface area contributed by atoms with Crippen LogP contribution in [0.25, 0.3) is 0 Å². The predicted octanol–water partition coefficient (Wildman–Crippen LogP) is 0.813. The first kappa shape index (κ1) is 13.2. The molecule has 7 heteroatoms. The third-order valence-corrected chi connectivity index (χ3v) is 4.14. The monoisotopic (exact) mass is 270 g/mol. The highest BCUT2D eigenvalue weighted by Gasteiger charge is 2.35. The Bertz CT molecular complexity index is 423. The smallest absolute Gasteiger partial charge is 0.285 e. The number of aromatic nitrogens is 2. The zero-order valence-electron chi connectivity index (χ0n) is 10.6. The molecule has 2 N–H and O–H groups in total. The molecule has 2 atom stereocenters. The van der Waals surface area contributed by atoms with Crippen molar-refractivity contribution in [1.82, 2.24) is 15.1 Å². The average molecular weight is 270 g/mol. The van der Waals surface area contributed by atoms with Crippen molar-refractivity contribution in [3.63, 3.8) is 0 Å². The van der Waals surface area contributed by atoms with E-state index in [4.69, 9.17) is 0 Å². The molecule has 0 aliphatic carbocycles. The van der Waals surface area contributed by atoms with Gasteiger partial charge in [-0.15, -0.1) is 10.2 Å². The van der Waals surface area contributed by atoms with Gasteiger partial charge in [-0.2, -0.15) is 0 Å². The first-order valence-electron chi connectivity index (χ1n) is 6.16. The van der Waals surface area contributed by atoms with Gasteiger partial charge in [0.05, 0.1) is 12.6 Å². The molecule has 0 aromatic carbocycles. The fraction of sp³-hybridized carbons (Fsp3) is 0.727. The van der Waals surface area contributed by atoms with Gasteiger partial charge in [0.1, 0.15) is 0 Å². The minimum atomic E-state index is -0.125. The quantitative estimate of drug-likeness (QED) is 0.846. The van der Waals surface area contributed by atoms with Gasteiger partial charge in [-0.3, -0.25) is 4.79 Å². The van der Waals surface area contributed by atoms with Gasteiger partial charge in [-0.05, 0) is 19.3 Å². The van der Waals surface area contributed by atoms with Crippen molar-refractivity contribution in [2.75, 3.05) is 25.0 Å². The number of likely N-dealkylation sites (tertiary alicyclic amines) is 1. The molecular formula is C11H18N4O2S. The molecule has 1 aromatic rings. The summed E-state index contributed by atoms with van der Waals surface area (Å²) in [5.41, 5.74) is 0. The Kier molecular flexibility index (Phi) is 4.13. The van der Waals surface area contributed by atoms with Gasteiger partial charge in [-0.1, -0.05) is 18.3 Å². The predicted molar refractivity (Wildman–Crippen MR) is 69.8 cm³/mol. The number of amides is 1. The summed E-state index contributed by atoms with van der Waals surface area (Å²) in [5.74, 6) is 0.208. The summed E-state index contributed by atoms with van der Waals surface area (Å²) in [5, 5.41) is 21.3. The van der Waals surface area contributed by atoms with E-state index in [1.54, 1.807) is 4.90 Å². The summed E-state index contributed by atoms with van der Waals surface area (Å²) in [6.07, 6.45) is 0.926. The van der Waals surface area contributed by atoms with E-state index in [0.717, 1.165) is 13.0 Å². The van der Waals surface area contributed by atoms with E-state index in [0.29, 0.717) is 22.6 Å². The van der Waals surface area contributed by atoms with E-state index in [2.05, 4.69) is 22.4 Å². The molecule has 1 saturated heterocycles. The van der Waals surface area contributed by atoms with Gasteiger partial charge in [0.2, 0.25) is 10.1 Å². The van der Waals surface area contributed by atoms with Crippen LogP contribution in [0.2, 0.25) is 0 Å². The standard InChI is InChI=1S/C11H18N4O2S/c1-3-12-11-14-13-9(18-11)10(17)15-5-4-7(2)8(15)6-16/h7-8,16H,3-6H2,1-2H3,(H,12,14). The van der Waals surface area contributed by atoms with Crippen LogP contribution in [0.4, 0.5) is 5.13 Å². The van der Waals surface area contributed by atoms with E-state index >= 15 is 0 Å². The van der Waals surface area contributed by atoms with E-state index in [1.807, 2.05) is 6.92 Å². The van der Waals surface area contributed by atoms with Gasteiger partial charge in [0.25, 0.3) is 5.91 Å². The van der Waals surface area contributed by atoms with Gasteiger partial charge in [0, 0.05) is 13.1 Å². The van der Waals surface area contributed by atoms with Crippen molar-refractivity contribution >= 4 is 22.4 Å². The van der Waals surface area contributed by atoms with Crippen molar-refractivity contribution in [2.45, 2.75) is 26.3 Å². The lowest BCUT2D eigenvalue weighted by atomic mass is 10.0. The topological polar surface area (TPSA) is 78.4 Å². The molecule has 2 rings (SSSR count). The maximum Gasteiger partial charge on any atom is 0.285 e. The highest BCUT2D eigenvalue weighted by atomic mass is 32.1. The summed E-state index contributed by atoms with van der Waals surface area (Å²) in [6, 6.07) is -0.0935. The Morgan fingerprint density at radius 2 is 2.39 bits per heavy atom. The second-order valence-corrected chi connectivity index (χ2v) is 5.43. The Morgan fingerprint density at radius 1 is 1.61 bits per heavy atom. The number of rotatable bonds is 4. The molecule has 1 aliphatic heterocycles. The molecule has 0 radical (unpaired) electrons. The van der Waals surface area contributed by atoms with Crippen molar-refractivity contribution in [3.8, 4) is 0 Å². The third kappa shape index (κ3) is 2.46. The minimum absolute atomic E-state index is 0.00573. The Balaban J connectivity index is 2.10. The number of aliphatic hydroxyl groups excluding tert-OH is 1. The van der Waals surface area contributed by atoms with Crippen molar-refractivity contribution < 1.29 is 9.90 Å². The number of hydrogen-bond acceptors (Lipinski definition) is 6. The lowest BCUT2D eigenvalue weighted by molar-refractivity contribution is 0.0647. The van der Waals surface area contributed by atoms with Crippen molar-refractivity contribution in [3.05, 3.63) is 5.01 Å². The van der Waals surface area contributed by atoms with Crippen LogP contribution in [-0.2, 0) is 0 Å². The normalized spacial score (nSPS) is 23.4. The molecule has 2 unspecified atom stereocenters. The maximum atomic E-state index is 12.3. The zero-order chi connectivity index (χ0) is 13.1. The number of anilines is 1. The highest BCUT2D eigenvalue weighted by Crippen LogP contribution is 2.26. The summed E-state index contributed by atoms with van der Waals surface area (Å²) in [6.45, 7) is 5.46. The van der Waals surface area contributed by atoms with Crippen LogP contribution in [-0.4, -0.2) is 51.8 Å². The van der Waals surface area contributed by atoms with Gasteiger partial charge in [0.15, 0.2) is 0 Å². The number of aliphatic hydroxyl groups is 1. The molecule has 1 amide bonds. The third-order valence-electron chi connectivity index (χ3n) is 3.27. The van der Waals surface area contributed by atoms with E-state index < -0.39 is 0 Å². The van der Waals surface area contributed by atoms with E-state index in [9.17, 15) is 9.90 Å². The van der Waals surface area contributed by atoms with Crippen LogP contribution in [0.1, 0.15) is 30.1 Å². The van der Waals surface area contributed by atoms with E-state index in [1.165, 1.54) is 11.3 Å². The molecule has 6 nitrogen and oxygen atoms in total. The fourth-order valence-corrected chi connectivity index (χ4v) is 2.96. The second-order valence-electron chi connectivity index (χ2n) is 4.46. The van der Waals surface area contributed by atoms with Crippen LogP contribution >= 0.6 is 11.3 Å². The van der Waals surface area contributed by atoms with Crippen LogP contribution in [0.15, 0.2) is 0 Å². The molecule has 0 spiro atoms. The van der Waals surface area contributed by atoms with Gasteiger partial charge in [-0.25, -0.2) is 0 Å². The molecule has 1 fully saturated rings. The molecule has 18 heavy (non-hydrogen) atoms. The Labute approximate surface area is 110 Å². The second kappa shape index (κ2) is 5.62. The number of nitrogens with one attached hydrogen (secondary N) is 1. The summed E-state index contributed by atoms with van der Waals surface area (Å²) in [4.78, 5) is 14.0. The molecule has 0 saturated carbocycles. The minimum Gasteiger partial charge on any atom is -0.394 e. The number of hydrogen-bond donors (Lipinski definition) is 2. The molecule has 1 aromatic heterocycles. The fourth-order valence-electron chi connectivity index (χ4n) is 2.19. The number of carbonyl (C=O) groups excluding carboxylic acids is 1. The molecular weight excluding hydrogens is 252 g/mol. The Hall–Kier alpha value is -1.21. The zero-order valence-corrected chi connectivity index (χ0v) is 11.4. The lowest BCUT2D eigenvalue weighted by Crippen LogP contribution is -2.39. The van der Waals surface area contributed by atoms with Crippen molar-refractivity contribution in [1.29, 1.82) is 0 Å². The van der Waals surface area contributed by atoms with Crippen LogP contribution in [0.3, 0.4) is 0 Å². The van der Waals surface area contributed by atoms with Crippen molar-refractivity contribution in [2.24, 2.45) is 5.92 Å². The highest BCUT2D eigenvalue weighted by molar-refractivity contribution is 7.17. The summed E-state index contributed by atoms with van der Waals surface area (Å²) >= 11 is 1.26. The maximum absolute atomic E-state index is 12.3. The lowest BCUT2D eigenvalue weighted by Gasteiger charge is -2.23. The van der Waals surface area contributed by atoms with E-state index in [-0.39, 0.29) is 18.6 Å². The largest absolute Gasteiger partial charge is 0.394 e. The average Bonchev–Trinajstić information content (AvgIpc) is 2.95. The first-order valence-corrected chi connectivity index (χ1v) is 6.98. The van der Waals surface area contributed by atoms with Crippen LogP contribution < -0.4 is 5.32 Å². The molecule has 1 aliphatic rings. The molecule has 100 valence electrons. The summed E-state index contributed by atoms with van der Waals surface area (Å²) < 4.78 is 0. The number of carbonyl (C=O) groups is 1. The summed E-state index contributed by atoms with van der Waals surface area (Å²) in [7, 11) is 0. The Morgan fingerprint density at radius 3 is 3.06 bits per heavy atom. The molecule has 0 bridgehead atoms. The number of nitrogens with zero attached hydrogens (tertiary/aromatic N) is 3. The van der Waals surface area contributed by atoms with Crippen LogP contribution in [0, 0.1) is 5.92 Å². The van der Waals surface area contributed by atoms with Crippen LogP contribution in [0.5, 0.6) is 0 Å².